The van der Waals surface area contributed by atoms with Gasteiger partial charge < -0.3 is 10.6 Å². The SMILES string of the molecule is C1CC(CCNC2C3C4CCC(C4)C23)CCN1. The van der Waals surface area contributed by atoms with Crippen molar-refractivity contribution in [2.75, 3.05) is 19.6 Å². The fourth-order valence-electron chi connectivity index (χ4n) is 5.22. The number of hydrogen-bond donors (Lipinski definition) is 2. The zero-order valence-electron chi connectivity index (χ0n) is 10.8. The zero-order chi connectivity index (χ0) is 11.2. The summed E-state index contributed by atoms with van der Waals surface area (Å²) >= 11 is 0. The lowest BCUT2D eigenvalue weighted by Gasteiger charge is -2.22. The van der Waals surface area contributed by atoms with E-state index in [1.54, 1.807) is 19.3 Å². The monoisotopic (exact) mass is 234 g/mol. The Morgan fingerprint density at radius 2 is 1.65 bits per heavy atom. The summed E-state index contributed by atoms with van der Waals surface area (Å²) < 4.78 is 0. The van der Waals surface area contributed by atoms with E-state index in [0.29, 0.717) is 0 Å². The van der Waals surface area contributed by atoms with Crippen LogP contribution in [0.3, 0.4) is 0 Å². The quantitative estimate of drug-likeness (QED) is 0.777. The molecule has 0 aromatic heterocycles. The first-order chi connectivity index (χ1) is 8.43. The largest absolute Gasteiger partial charge is 0.317 e. The number of nitrogens with one attached hydrogen (secondary N) is 2. The number of piperidine rings is 1. The Morgan fingerprint density at radius 3 is 2.35 bits per heavy atom. The molecule has 4 unspecified atom stereocenters. The van der Waals surface area contributed by atoms with Crippen LogP contribution in [0.2, 0.25) is 0 Å². The Morgan fingerprint density at radius 1 is 0.941 bits per heavy atom. The van der Waals surface area contributed by atoms with Crippen molar-refractivity contribution in [3.8, 4) is 0 Å². The molecule has 2 heteroatoms. The van der Waals surface area contributed by atoms with Crippen molar-refractivity contribution in [2.24, 2.45) is 29.6 Å². The second kappa shape index (κ2) is 4.24. The maximum absolute atomic E-state index is 3.89. The van der Waals surface area contributed by atoms with Gasteiger partial charge in [-0.25, -0.2) is 0 Å². The number of rotatable bonds is 4. The van der Waals surface area contributed by atoms with Gasteiger partial charge in [-0.1, -0.05) is 0 Å². The molecule has 4 fully saturated rings. The van der Waals surface area contributed by atoms with Gasteiger partial charge in [0, 0.05) is 6.04 Å². The summed E-state index contributed by atoms with van der Waals surface area (Å²) in [5, 5.41) is 7.34. The smallest absolute Gasteiger partial charge is 0.0135 e. The molecule has 1 heterocycles. The van der Waals surface area contributed by atoms with E-state index in [2.05, 4.69) is 10.6 Å². The van der Waals surface area contributed by atoms with Crippen LogP contribution in [-0.2, 0) is 0 Å². The summed E-state index contributed by atoms with van der Waals surface area (Å²) in [5.41, 5.74) is 0. The van der Waals surface area contributed by atoms with Crippen LogP contribution in [0.25, 0.3) is 0 Å². The van der Waals surface area contributed by atoms with Gasteiger partial charge >= 0.3 is 0 Å². The number of hydrogen-bond acceptors (Lipinski definition) is 2. The Bertz CT molecular complexity index is 269. The van der Waals surface area contributed by atoms with Gasteiger partial charge in [-0.15, -0.1) is 0 Å². The molecule has 4 rings (SSSR count). The van der Waals surface area contributed by atoms with Crippen molar-refractivity contribution in [2.45, 2.75) is 44.6 Å². The van der Waals surface area contributed by atoms with Crippen LogP contribution in [0, 0.1) is 29.6 Å². The highest BCUT2D eigenvalue weighted by molar-refractivity contribution is 5.16. The van der Waals surface area contributed by atoms with E-state index in [0.717, 1.165) is 35.6 Å². The fourth-order valence-corrected chi connectivity index (χ4v) is 5.22. The maximum atomic E-state index is 3.89. The van der Waals surface area contributed by atoms with Gasteiger partial charge in [0.2, 0.25) is 0 Å². The highest BCUT2D eigenvalue weighted by Crippen LogP contribution is 2.65. The van der Waals surface area contributed by atoms with E-state index in [9.17, 15) is 0 Å². The van der Waals surface area contributed by atoms with E-state index >= 15 is 0 Å². The van der Waals surface area contributed by atoms with Gasteiger partial charge in [0.1, 0.15) is 0 Å². The molecule has 3 aliphatic carbocycles. The summed E-state index contributed by atoms with van der Waals surface area (Å²) in [4.78, 5) is 0. The first-order valence-electron chi connectivity index (χ1n) is 7.87. The molecule has 17 heavy (non-hydrogen) atoms. The summed E-state index contributed by atoms with van der Waals surface area (Å²) in [6.45, 7) is 3.80. The van der Waals surface area contributed by atoms with Crippen LogP contribution in [0.5, 0.6) is 0 Å². The van der Waals surface area contributed by atoms with Gasteiger partial charge in [-0.05, 0) is 87.7 Å². The van der Waals surface area contributed by atoms with Crippen molar-refractivity contribution in [1.82, 2.24) is 10.6 Å². The minimum atomic E-state index is 0.947. The third kappa shape index (κ3) is 1.84. The van der Waals surface area contributed by atoms with Gasteiger partial charge in [-0.2, -0.15) is 0 Å². The Labute approximate surface area is 105 Å². The minimum Gasteiger partial charge on any atom is -0.317 e. The first-order valence-corrected chi connectivity index (χ1v) is 7.87. The second-order valence-corrected chi connectivity index (χ2v) is 6.95. The van der Waals surface area contributed by atoms with Gasteiger partial charge in [0.05, 0.1) is 0 Å². The van der Waals surface area contributed by atoms with Crippen molar-refractivity contribution >= 4 is 0 Å². The number of fused-ring (bicyclic) bond motifs is 5. The zero-order valence-corrected chi connectivity index (χ0v) is 10.8. The summed E-state index contributed by atoms with van der Waals surface area (Å²) in [5.74, 6) is 5.48. The molecular weight excluding hydrogens is 208 g/mol. The van der Waals surface area contributed by atoms with Crippen LogP contribution in [0.15, 0.2) is 0 Å². The molecule has 4 aliphatic rings. The molecule has 96 valence electrons. The standard InChI is InChI=1S/C15H26N2/c1-2-12-9-11(1)13-14(12)15(13)17-8-5-10-3-6-16-7-4-10/h10-17H,1-9H2. The average molecular weight is 234 g/mol. The summed E-state index contributed by atoms with van der Waals surface area (Å²) in [6, 6.07) is 0.947. The minimum absolute atomic E-state index is 0.947. The molecule has 2 N–H and O–H groups in total. The fraction of sp³-hybridized carbons (Fsp3) is 1.00. The Kier molecular flexibility index (Phi) is 2.69. The normalized spacial score (nSPS) is 48.4. The van der Waals surface area contributed by atoms with Crippen molar-refractivity contribution in [3.05, 3.63) is 0 Å². The van der Waals surface area contributed by atoms with Gasteiger partial charge in [0.25, 0.3) is 0 Å². The maximum Gasteiger partial charge on any atom is 0.0135 e. The van der Waals surface area contributed by atoms with Gasteiger partial charge in [0.15, 0.2) is 0 Å². The lowest BCUT2D eigenvalue weighted by Crippen LogP contribution is -2.31. The van der Waals surface area contributed by atoms with Crippen LogP contribution >= 0.6 is 0 Å². The van der Waals surface area contributed by atoms with Crippen molar-refractivity contribution in [3.63, 3.8) is 0 Å². The van der Waals surface area contributed by atoms with Crippen LogP contribution in [0.4, 0.5) is 0 Å². The van der Waals surface area contributed by atoms with Crippen LogP contribution in [-0.4, -0.2) is 25.7 Å². The molecule has 0 radical (unpaired) electrons. The molecule has 0 aromatic rings. The lowest BCUT2D eigenvalue weighted by atomic mass is 9.94. The lowest BCUT2D eigenvalue weighted by molar-refractivity contribution is 0.342. The predicted octanol–water partition coefficient (Wildman–Crippen LogP) is 2.01. The van der Waals surface area contributed by atoms with Crippen LogP contribution in [0.1, 0.15) is 38.5 Å². The van der Waals surface area contributed by atoms with E-state index in [4.69, 9.17) is 0 Å². The van der Waals surface area contributed by atoms with Gasteiger partial charge in [-0.3, -0.25) is 0 Å². The van der Waals surface area contributed by atoms with Crippen LogP contribution < -0.4 is 10.6 Å². The molecule has 2 nitrogen and oxygen atoms in total. The predicted molar refractivity (Wildman–Crippen MR) is 69.8 cm³/mol. The van der Waals surface area contributed by atoms with Crippen molar-refractivity contribution < 1.29 is 0 Å². The second-order valence-electron chi connectivity index (χ2n) is 6.95. The molecule has 3 saturated carbocycles. The van der Waals surface area contributed by atoms with E-state index in [-0.39, 0.29) is 0 Å². The molecule has 0 aromatic carbocycles. The van der Waals surface area contributed by atoms with Crippen molar-refractivity contribution in [1.29, 1.82) is 0 Å². The van der Waals surface area contributed by atoms with E-state index < -0.39 is 0 Å². The summed E-state index contributed by atoms with van der Waals surface area (Å²) in [6.07, 6.45) is 8.93. The highest BCUT2D eigenvalue weighted by Gasteiger charge is 2.64. The van der Waals surface area contributed by atoms with E-state index in [1.165, 1.54) is 38.9 Å². The Hall–Kier alpha value is -0.0800. The highest BCUT2D eigenvalue weighted by atomic mass is 15.0. The van der Waals surface area contributed by atoms with E-state index in [1.807, 2.05) is 0 Å². The molecule has 1 aliphatic heterocycles. The summed E-state index contributed by atoms with van der Waals surface area (Å²) in [7, 11) is 0. The first kappa shape index (κ1) is 10.8. The molecule has 0 amide bonds. The topological polar surface area (TPSA) is 24.1 Å². The third-order valence-electron chi connectivity index (χ3n) is 6.13. The molecule has 1 saturated heterocycles. The molecule has 4 atom stereocenters. The molecular formula is C15H26N2. The molecule has 2 bridgehead atoms. The third-order valence-corrected chi connectivity index (χ3v) is 6.13. The Balaban J connectivity index is 1.20. The average Bonchev–Trinajstić information content (AvgIpc) is 2.78. The molecule has 0 spiro atoms.